The Kier molecular flexibility index (Phi) is 16.7. The van der Waals surface area contributed by atoms with Crippen molar-refractivity contribution >= 4 is 65.8 Å². The van der Waals surface area contributed by atoms with Crippen LogP contribution in [0.5, 0.6) is 0 Å². The van der Waals surface area contributed by atoms with Gasteiger partial charge in [0.2, 0.25) is 35.4 Å². The number of amides is 6. The van der Waals surface area contributed by atoms with Gasteiger partial charge in [0.05, 0.1) is 19.1 Å². The minimum Gasteiger partial charge on any atom is -0.480 e. The van der Waals surface area contributed by atoms with Gasteiger partial charge in [0.15, 0.2) is 0 Å². The van der Waals surface area contributed by atoms with Crippen LogP contribution in [0.2, 0.25) is 0 Å². The van der Waals surface area contributed by atoms with E-state index in [9.17, 15) is 38.7 Å². The summed E-state index contributed by atoms with van der Waals surface area (Å²) in [7, 11) is 0. The van der Waals surface area contributed by atoms with E-state index < -0.39 is 84.6 Å². The lowest BCUT2D eigenvalue weighted by Gasteiger charge is -2.25. The molecule has 0 aromatic heterocycles. The van der Waals surface area contributed by atoms with Crippen molar-refractivity contribution in [1.29, 1.82) is 0 Å². The van der Waals surface area contributed by atoms with Crippen molar-refractivity contribution in [3.63, 3.8) is 0 Å². The molecule has 0 fully saturated rings. The number of carboxylic acids is 1. The lowest BCUT2D eigenvalue weighted by atomic mass is 10.1. The average molecular weight is 582 g/mol. The zero-order valence-electron chi connectivity index (χ0n) is 20.7. The number of thiol groups is 1. The van der Waals surface area contributed by atoms with Crippen LogP contribution in [0.25, 0.3) is 0 Å². The van der Waals surface area contributed by atoms with E-state index in [0.29, 0.717) is 12.2 Å². The van der Waals surface area contributed by atoms with Crippen molar-refractivity contribution in [3.05, 3.63) is 0 Å². The summed E-state index contributed by atoms with van der Waals surface area (Å²) in [6.45, 7) is -0.959. The first-order chi connectivity index (χ1) is 17.8. The lowest BCUT2D eigenvalue weighted by Crippen LogP contribution is -2.59. The number of carbonyl (C=O) groups excluding carboxylic acids is 6. The molecule has 0 saturated heterocycles. The molecule has 216 valence electrons. The van der Waals surface area contributed by atoms with Crippen LogP contribution in [0.3, 0.4) is 0 Å². The molecule has 0 aliphatic rings. The Morgan fingerprint density at radius 1 is 0.789 bits per heavy atom. The number of thioether (sulfide) groups is 1. The van der Waals surface area contributed by atoms with E-state index in [2.05, 4.69) is 33.9 Å². The number of carbonyl (C=O) groups is 7. The van der Waals surface area contributed by atoms with Crippen molar-refractivity contribution in [3.8, 4) is 0 Å². The number of aliphatic hydroxyl groups excluding tert-OH is 1. The van der Waals surface area contributed by atoms with E-state index in [1.807, 2.05) is 6.26 Å². The van der Waals surface area contributed by atoms with E-state index in [4.69, 9.17) is 22.3 Å². The van der Waals surface area contributed by atoms with Gasteiger partial charge in [-0.05, 0) is 24.9 Å². The molecule has 0 spiro atoms. The fourth-order valence-electron chi connectivity index (χ4n) is 2.82. The van der Waals surface area contributed by atoms with Gasteiger partial charge in [0.1, 0.15) is 24.2 Å². The van der Waals surface area contributed by atoms with Crippen molar-refractivity contribution < 1.29 is 43.8 Å². The summed E-state index contributed by atoms with van der Waals surface area (Å²) < 4.78 is 0. The molecule has 16 nitrogen and oxygen atoms in total. The van der Waals surface area contributed by atoms with Gasteiger partial charge in [-0.25, -0.2) is 4.79 Å². The topological polar surface area (TPSA) is 286 Å². The fourth-order valence-corrected chi connectivity index (χ4v) is 3.55. The number of carboxylic acid groups (broad SMARTS) is 1. The van der Waals surface area contributed by atoms with Crippen molar-refractivity contribution in [2.75, 3.05) is 24.4 Å². The molecule has 0 radical (unpaired) electrons. The summed E-state index contributed by atoms with van der Waals surface area (Å²) in [4.78, 5) is 84.3. The first kappa shape index (κ1) is 34.9. The smallest absolute Gasteiger partial charge is 0.327 e. The van der Waals surface area contributed by atoms with Gasteiger partial charge in [0.25, 0.3) is 0 Å². The maximum Gasteiger partial charge on any atom is 0.327 e. The number of rotatable bonds is 19. The van der Waals surface area contributed by atoms with Crippen LogP contribution < -0.4 is 38.5 Å². The molecule has 5 atom stereocenters. The first-order valence-corrected chi connectivity index (χ1v) is 13.3. The minimum atomic E-state index is -1.67. The van der Waals surface area contributed by atoms with Crippen LogP contribution in [0, 0.1) is 0 Å². The molecule has 0 aliphatic carbocycles. The number of nitrogens with two attached hydrogens (primary N) is 3. The molecular weight excluding hydrogens is 546 g/mol. The summed E-state index contributed by atoms with van der Waals surface area (Å²) >= 11 is 5.25. The second-order valence-corrected chi connectivity index (χ2v) is 9.36. The summed E-state index contributed by atoms with van der Waals surface area (Å²) in [6.07, 6.45) is 0.802. The van der Waals surface area contributed by atoms with Gasteiger partial charge in [-0.2, -0.15) is 24.4 Å². The van der Waals surface area contributed by atoms with Crippen LogP contribution in [0.1, 0.15) is 25.7 Å². The highest BCUT2D eigenvalue weighted by Crippen LogP contribution is 2.04. The van der Waals surface area contributed by atoms with Crippen LogP contribution in [0.15, 0.2) is 0 Å². The van der Waals surface area contributed by atoms with Crippen LogP contribution in [0.4, 0.5) is 0 Å². The summed E-state index contributed by atoms with van der Waals surface area (Å²) in [5.74, 6) is -6.80. The van der Waals surface area contributed by atoms with E-state index in [1.165, 1.54) is 11.8 Å². The minimum absolute atomic E-state index is 0.255. The Morgan fingerprint density at radius 2 is 1.29 bits per heavy atom. The molecule has 38 heavy (non-hydrogen) atoms. The number of aliphatic hydroxyl groups is 1. The fraction of sp³-hybridized carbons (Fsp3) is 0.650. The molecule has 0 rings (SSSR count). The number of hydrogen-bond acceptors (Lipinski definition) is 11. The van der Waals surface area contributed by atoms with Gasteiger partial charge in [0, 0.05) is 12.2 Å². The molecule has 0 aromatic carbocycles. The SMILES string of the molecule is CSCC[C@H](N)C(=O)N[C@@H](CCC(N)=O)C(=O)N[C@@H](CC(N)=O)C(=O)N[C@@H](CO)C(=O)N[C@@H](CS)C(=O)O. The van der Waals surface area contributed by atoms with Crippen molar-refractivity contribution in [1.82, 2.24) is 21.3 Å². The predicted molar refractivity (Wildman–Crippen MR) is 140 cm³/mol. The maximum absolute atomic E-state index is 12.9. The monoisotopic (exact) mass is 581 g/mol. The number of nitrogens with one attached hydrogen (secondary N) is 4. The van der Waals surface area contributed by atoms with Crippen LogP contribution in [-0.4, -0.2) is 106 Å². The highest BCUT2D eigenvalue weighted by molar-refractivity contribution is 7.98. The third kappa shape index (κ3) is 13.5. The predicted octanol–water partition coefficient (Wildman–Crippen LogP) is -4.85. The molecule has 12 N–H and O–H groups in total. The number of hydrogen-bond donors (Lipinski definition) is 10. The highest BCUT2D eigenvalue weighted by atomic mass is 32.2. The number of aliphatic carboxylic acids is 1. The molecular formula is C20H35N7O9S2. The molecule has 6 amide bonds. The quantitative estimate of drug-likeness (QED) is 0.0645. The number of primary amides is 2. The van der Waals surface area contributed by atoms with E-state index in [-0.39, 0.29) is 18.6 Å². The normalized spacial score (nSPS) is 14.6. The molecule has 0 aromatic rings. The second kappa shape index (κ2) is 18.2. The second-order valence-electron chi connectivity index (χ2n) is 8.01. The zero-order valence-corrected chi connectivity index (χ0v) is 22.4. The Labute approximate surface area is 228 Å². The van der Waals surface area contributed by atoms with Gasteiger partial charge < -0.3 is 48.7 Å². The summed E-state index contributed by atoms with van der Waals surface area (Å²) in [6, 6.07) is -7.08. The van der Waals surface area contributed by atoms with Gasteiger partial charge >= 0.3 is 5.97 Å². The van der Waals surface area contributed by atoms with Crippen molar-refractivity contribution in [2.45, 2.75) is 55.9 Å². The summed E-state index contributed by atoms with van der Waals surface area (Å²) in [5.41, 5.74) is 16.1. The van der Waals surface area contributed by atoms with Crippen LogP contribution >= 0.6 is 24.4 Å². The Morgan fingerprint density at radius 3 is 1.76 bits per heavy atom. The molecule has 0 saturated carbocycles. The Bertz CT molecular complexity index is 878. The van der Waals surface area contributed by atoms with Crippen molar-refractivity contribution in [2.24, 2.45) is 17.2 Å². The van der Waals surface area contributed by atoms with Gasteiger partial charge in [-0.3, -0.25) is 28.8 Å². The average Bonchev–Trinajstić information content (AvgIpc) is 2.84. The third-order valence-electron chi connectivity index (χ3n) is 4.93. The van der Waals surface area contributed by atoms with Gasteiger partial charge in [-0.15, -0.1) is 0 Å². The lowest BCUT2D eigenvalue weighted by molar-refractivity contribution is -0.142. The largest absolute Gasteiger partial charge is 0.480 e. The zero-order chi connectivity index (χ0) is 29.4. The van der Waals surface area contributed by atoms with Gasteiger partial charge in [-0.1, -0.05) is 0 Å². The molecule has 18 heteroatoms. The third-order valence-corrected chi connectivity index (χ3v) is 5.94. The van der Waals surface area contributed by atoms with Crippen LogP contribution in [-0.2, 0) is 33.6 Å². The molecule has 0 unspecified atom stereocenters. The van der Waals surface area contributed by atoms with E-state index in [0.717, 1.165) is 0 Å². The highest BCUT2D eigenvalue weighted by Gasteiger charge is 2.32. The maximum atomic E-state index is 12.9. The summed E-state index contributed by atoms with van der Waals surface area (Å²) in [5, 5.41) is 27.3. The Hall–Kier alpha value is -3.09. The van der Waals surface area contributed by atoms with E-state index >= 15 is 0 Å². The first-order valence-electron chi connectivity index (χ1n) is 11.2. The van der Waals surface area contributed by atoms with E-state index in [1.54, 1.807) is 0 Å². The molecule has 0 heterocycles. The molecule has 0 aliphatic heterocycles. The Balaban J connectivity index is 5.63. The molecule has 0 bridgehead atoms. The standard InChI is InChI=1S/C20H35N7O9S2/c1-38-5-4-9(21)16(31)24-10(2-3-14(22)29)17(32)25-11(6-15(23)30)18(33)26-12(7-28)19(34)27-13(8-37)20(35)36/h9-13,28,37H,2-8,21H2,1H3,(H2,22,29)(H2,23,30)(H,24,31)(H,25,32)(H,26,33)(H,27,34)(H,35,36)/t9-,10-,11-,12-,13-/m0/s1.